The van der Waals surface area contributed by atoms with Crippen molar-refractivity contribution in [2.75, 3.05) is 19.7 Å². The van der Waals surface area contributed by atoms with Crippen LogP contribution >= 0.6 is 0 Å². The Morgan fingerprint density at radius 3 is 2.38 bits per heavy atom. The third-order valence-electron chi connectivity index (χ3n) is 2.47. The molecule has 0 bridgehead atoms. The Labute approximate surface area is 82.0 Å². The Bertz CT molecular complexity index is 149. The van der Waals surface area contributed by atoms with Gasteiger partial charge in [-0.05, 0) is 39.0 Å². The fourth-order valence-electron chi connectivity index (χ4n) is 1.21. The summed E-state index contributed by atoms with van der Waals surface area (Å²) in [6, 6.07) is 0. The molecule has 1 saturated carbocycles. The van der Waals surface area contributed by atoms with Crippen LogP contribution in [0.2, 0.25) is 0 Å². The molecule has 2 nitrogen and oxygen atoms in total. The van der Waals surface area contributed by atoms with E-state index in [2.05, 4.69) is 33.0 Å². The molecule has 0 saturated heterocycles. The molecule has 0 radical (unpaired) electrons. The summed E-state index contributed by atoms with van der Waals surface area (Å²) in [4.78, 5) is 0. The van der Waals surface area contributed by atoms with Crippen molar-refractivity contribution in [2.24, 2.45) is 5.41 Å². The van der Waals surface area contributed by atoms with Gasteiger partial charge in [0.05, 0.1) is 12.2 Å². The van der Waals surface area contributed by atoms with E-state index in [1.807, 2.05) is 0 Å². The summed E-state index contributed by atoms with van der Waals surface area (Å²) in [6.45, 7) is 11.6. The molecule has 1 aliphatic rings. The van der Waals surface area contributed by atoms with Crippen LogP contribution in [-0.2, 0) is 4.74 Å². The van der Waals surface area contributed by atoms with Gasteiger partial charge in [-0.25, -0.2) is 0 Å². The molecular weight excluding hydrogens is 162 g/mol. The maximum atomic E-state index is 5.60. The maximum Gasteiger partial charge on any atom is 0.0599 e. The molecule has 0 unspecified atom stereocenters. The van der Waals surface area contributed by atoms with Gasteiger partial charge in [0.1, 0.15) is 0 Å². The zero-order chi connectivity index (χ0) is 9.95. The minimum absolute atomic E-state index is 0.00512. The first kappa shape index (κ1) is 11.0. The van der Waals surface area contributed by atoms with Gasteiger partial charge in [0.15, 0.2) is 0 Å². The summed E-state index contributed by atoms with van der Waals surface area (Å²) >= 11 is 0. The van der Waals surface area contributed by atoms with E-state index in [-0.39, 0.29) is 5.60 Å². The highest BCUT2D eigenvalue weighted by Crippen LogP contribution is 2.43. The topological polar surface area (TPSA) is 21.3 Å². The van der Waals surface area contributed by atoms with Crippen LogP contribution in [0.15, 0.2) is 0 Å². The highest BCUT2D eigenvalue weighted by atomic mass is 16.5. The first-order chi connectivity index (χ1) is 5.91. The molecule has 0 atom stereocenters. The fourth-order valence-corrected chi connectivity index (χ4v) is 1.21. The molecule has 1 rings (SSSR count). The van der Waals surface area contributed by atoms with E-state index in [1.165, 1.54) is 12.8 Å². The van der Waals surface area contributed by atoms with E-state index >= 15 is 0 Å². The average Bonchev–Trinajstić information content (AvgIpc) is 2.65. The van der Waals surface area contributed by atoms with Crippen molar-refractivity contribution in [1.82, 2.24) is 5.32 Å². The smallest absolute Gasteiger partial charge is 0.0599 e. The summed E-state index contributed by atoms with van der Waals surface area (Å²) in [5.41, 5.74) is 0.618. The second-order valence-electron chi connectivity index (χ2n) is 5.45. The van der Waals surface area contributed by atoms with Gasteiger partial charge < -0.3 is 10.1 Å². The normalized spacial score (nSPS) is 20.3. The molecule has 78 valence electrons. The van der Waals surface area contributed by atoms with Crippen LogP contribution in [0.3, 0.4) is 0 Å². The van der Waals surface area contributed by atoms with Crippen LogP contribution in [0.1, 0.15) is 40.5 Å². The summed E-state index contributed by atoms with van der Waals surface area (Å²) in [5, 5.41) is 3.44. The molecule has 0 aromatic heterocycles. The summed E-state index contributed by atoms with van der Waals surface area (Å²) in [5.74, 6) is 0. The van der Waals surface area contributed by atoms with E-state index in [0.717, 1.165) is 19.7 Å². The van der Waals surface area contributed by atoms with Crippen molar-refractivity contribution in [3.8, 4) is 0 Å². The lowest BCUT2D eigenvalue weighted by atomic mass is 10.1. The zero-order valence-electron chi connectivity index (χ0n) is 9.44. The monoisotopic (exact) mass is 185 g/mol. The van der Waals surface area contributed by atoms with E-state index in [1.54, 1.807) is 0 Å². The number of hydrogen-bond donors (Lipinski definition) is 1. The molecule has 0 aromatic carbocycles. The van der Waals surface area contributed by atoms with Crippen molar-refractivity contribution in [3.63, 3.8) is 0 Å². The van der Waals surface area contributed by atoms with Gasteiger partial charge in [0, 0.05) is 13.1 Å². The van der Waals surface area contributed by atoms with Gasteiger partial charge in [-0.3, -0.25) is 0 Å². The molecule has 0 heterocycles. The lowest BCUT2D eigenvalue weighted by molar-refractivity contribution is -0.00103. The Morgan fingerprint density at radius 2 is 1.92 bits per heavy atom. The second kappa shape index (κ2) is 3.97. The molecule has 0 aliphatic heterocycles. The summed E-state index contributed by atoms with van der Waals surface area (Å²) in [7, 11) is 0. The highest BCUT2D eigenvalue weighted by Gasteiger charge is 2.36. The van der Waals surface area contributed by atoms with Gasteiger partial charge in [0.25, 0.3) is 0 Å². The average molecular weight is 185 g/mol. The van der Waals surface area contributed by atoms with Crippen LogP contribution in [-0.4, -0.2) is 25.3 Å². The molecule has 0 amide bonds. The van der Waals surface area contributed by atoms with Crippen LogP contribution in [0, 0.1) is 5.41 Å². The van der Waals surface area contributed by atoms with Gasteiger partial charge in [-0.1, -0.05) is 6.92 Å². The second-order valence-corrected chi connectivity index (χ2v) is 5.45. The number of ether oxygens (including phenoxy) is 1. The van der Waals surface area contributed by atoms with Crippen LogP contribution in [0.5, 0.6) is 0 Å². The number of rotatable bonds is 5. The Hall–Kier alpha value is -0.0800. The molecule has 1 fully saturated rings. The first-order valence-electron chi connectivity index (χ1n) is 5.26. The van der Waals surface area contributed by atoms with Crippen molar-refractivity contribution >= 4 is 0 Å². The Morgan fingerprint density at radius 1 is 1.31 bits per heavy atom. The van der Waals surface area contributed by atoms with Crippen molar-refractivity contribution in [3.05, 3.63) is 0 Å². The molecule has 2 heteroatoms. The quantitative estimate of drug-likeness (QED) is 0.663. The predicted molar refractivity (Wildman–Crippen MR) is 55.9 cm³/mol. The van der Waals surface area contributed by atoms with Crippen LogP contribution in [0.25, 0.3) is 0 Å². The van der Waals surface area contributed by atoms with Gasteiger partial charge in [-0.2, -0.15) is 0 Å². The number of nitrogens with one attached hydrogen (secondary N) is 1. The maximum absolute atomic E-state index is 5.60. The lowest BCUT2D eigenvalue weighted by Gasteiger charge is -2.20. The minimum atomic E-state index is 0.00512. The summed E-state index contributed by atoms with van der Waals surface area (Å²) in [6.07, 6.45) is 2.78. The largest absolute Gasteiger partial charge is 0.375 e. The van der Waals surface area contributed by atoms with Crippen molar-refractivity contribution in [1.29, 1.82) is 0 Å². The van der Waals surface area contributed by atoms with E-state index in [0.29, 0.717) is 5.41 Å². The third kappa shape index (κ3) is 5.27. The minimum Gasteiger partial charge on any atom is -0.375 e. The molecule has 0 aromatic rings. The predicted octanol–water partition coefficient (Wildman–Crippen LogP) is 2.19. The highest BCUT2D eigenvalue weighted by molar-refractivity contribution is 4.90. The number of hydrogen-bond acceptors (Lipinski definition) is 2. The third-order valence-corrected chi connectivity index (χ3v) is 2.47. The molecule has 0 spiro atoms. The fraction of sp³-hybridized carbons (Fsp3) is 1.00. The van der Waals surface area contributed by atoms with Gasteiger partial charge in [-0.15, -0.1) is 0 Å². The van der Waals surface area contributed by atoms with Gasteiger partial charge >= 0.3 is 0 Å². The lowest BCUT2D eigenvalue weighted by Crippen LogP contribution is -2.29. The van der Waals surface area contributed by atoms with E-state index < -0.39 is 0 Å². The van der Waals surface area contributed by atoms with Crippen molar-refractivity contribution in [2.45, 2.75) is 46.1 Å². The van der Waals surface area contributed by atoms with E-state index in [4.69, 9.17) is 4.74 Å². The Kier molecular flexibility index (Phi) is 3.36. The van der Waals surface area contributed by atoms with Crippen LogP contribution < -0.4 is 5.32 Å². The molecular formula is C11H23NO. The standard InChI is InChI=1S/C11H23NO/c1-10(2,3)13-8-7-12-9-11(4)5-6-11/h12H,5-9H2,1-4H3. The van der Waals surface area contributed by atoms with E-state index in [9.17, 15) is 0 Å². The summed E-state index contributed by atoms with van der Waals surface area (Å²) < 4.78 is 5.60. The zero-order valence-corrected chi connectivity index (χ0v) is 9.44. The van der Waals surface area contributed by atoms with Gasteiger partial charge in [0.2, 0.25) is 0 Å². The molecule has 13 heavy (non-hydrogen) atoms. The van der Waals surface area contributed by atoms with Crippen molar-refractivity contribution < 1.29 is 4.74 Å². The molecule has 1 N–H and O–H groups in total. The Balaban J connectivity index is 1.90. The van der Waals surface area contributed by atoms with Crippen LogP contribution in [0.4, 0.5) is 0 Å². The SMILES string of the molecule is CC1(CNCCOC(C)(C)C)CC1. The molecule has 1 aliphatic carbocycles. The first-order valence-corrected chi connectivity index (χ1v) is 5.26.